The van der Waals surface area contributed by atoms with Gasteiger partial charge in [-0.25, -0.2) is 13.1 Å². The fourth-order valence-electron chi connectivity index (χ4n) is 4.13. The average Bonchev–Trinajstić information content (AvgIpc) is 3.37. The van der Waals surface area contributed by atoms with Crippen LogP contribution in [0.3, 0.4) is 0 Å². The summed E-state index contributed by atoms with van der Waals surface area (Å²) < 4.78 is 39.1. The fourth-order valence-corrected chi connectivity index (χ4v) is 5.28. The molecule has 1 aromatic heterocycles. The summed E-state index contributed by atoms with van der Waals surface area (Å²) in [4.78, 5) is 1.48. The van der Waals surface area contributed by atoms with Crippen LogP contribution in [0.5, 0.6) is 0 Å². The Bertz CT molecular complexity index is 1470. The number of nitriles is 1. The highest BCUT2D eigenvalue weighted by molar-refractivity contribution is 7.93. The lowest BCUT2D eigenvalue weighted by Gasteiger charge is -2.35. The van der Waals surface area contributed by atoms with Crippen LogP contribution in [0.1, 0.15) is 12.7 Å². The molecule has 4 atom stereocenters. The number of aliphatic hydroxyl groups is 3. The van der Waals surface area contributed by atoms with Gasteiger partial charge in [0.15, 0.2) is 4.91 Å². The average molecular weight is 528 g/mol. The van der Waals surface area contributed by atoms with E-state index in [9.17, 15) is 29.0 Å². The lowest BCUT2D eigenvalue weighted by Crippen LogP contribution is -2.56. The number of hydrogen-bond acceptors (Lipinski definition) is 9. The Kier molecular flexibility index (Phi) is 7.70. The van der Waals surface area contributed by atoms with Gasteiger partial charge in [0.05, 0.1) is 12.7 Å². The number of sulfonamides is 1. The lowest BCUT2D eigenvalue weighted by molar-refractivity contribution is -0.184. The van der Waals surface area contributed by atoms with Gasteiger partial charge < -0.3 is 29.4 Å². The van der Waals surface area contributed by atoms with E-state index in [0.717, 1.165) is 22.0 Å². The predicted molar refractivity (Wildman–Crippen MR) is 139 cm³/mol. The molecule has 4 N–H and O–H groups in total. The smallest absolute Gasteiger partial charge is 0.251 e. The number of fused-ring (bicyclic) bond motifs is 1. The van der Waals surface area contributed by atoms with Crippen molar-refractivity contribution in [3.63, 3.8) is 0 Å². The van der Waals surface area contributed by atoms with E-state index in [1.165, 1.54) is 6.92 Å². The second-order valence-corrected chi connectivity index (χ2v) is 10.8. The van der Waals surface area contributed by atoms with Gasteiger partial charge in [-0.2, -0.15) is 5.26 Å². The summed E-state index contributed by atoms with van der Waals surface area (Å²) >= 11 is 0. The summed E-state index contributed by atoms with van der Waals surface area (Å²) in [5.74, 6) is 0.731. The number of anilines is 1. The van der Waals surface area contributed by atoms with Gasteiger partial charge in [0.25, 0.3) is 10.0 Å². The number of ether oxygens (including phenoxy) is 1. The van der Waals surface area contributed by atoms with Crippen molar-refractivity contribution in [3.05, 3.63) is 59.2 Å². The Hall–Kier alpha value is -3.24. The fraction of sp³-hybridized carbons (Fsp3) is 0.346. The molecule has 1 aliphatic heterocycles. The van der Waals surface area contributed by atoms with Crippen molar-refractivity contribution in [2.75, 3.05) is 32.1 Å². The zero-order chi connectivity index (χ0) is 26.9. The Morgan fingerprint density at radius 1 is 1.08 bits per heavy atom. The number of hydrogen-bond donors (Lipinski definition) is 4. The highest BCUT2D eigenvalue weighted by Crippen LogP contribution is 2.31. The first kappa shape index (κ1) is 26.8. The molecule has 1 aliphatic rings. The number of rotatable bonds is 7. The minimum absolute atomic E-state index is 0.109. The summed E-state index contributed by atoms with van der Waals surface area (Å²) in [6, 6.07) is 17.0. The van der Waals surface area contributed by atoms with Crippen molar-refractivity contribution in [2.45, 2.75) is 31.3 Å². The lowest BCUT2D eigenvalue weighted by atomic mass is 10.0. The van der Waals surface area contributed by atoms with Crippen molar-refractivity contribution >= 4 is 32.1 Å². The van der Waals surface area contributed by atoms with E-state index in [4.69, 9.17) is 9.15 Å². The zero-order valence-corrected chi connectivity index (χ0v) is 21.4. The number of nitrogens with one attached hydrogen (secondary N) is 1. The standard InChI is InChI=1S/C26H29N3O7S/c1-15(24(12-27)37(33,34)28-13-23-26(32)25(31)20(30)14-35-23)21-8-9-22(36-21)18-5-4-17-11-19(29(2)3)7-6-16(17)10-18/h4-11,20,23,25-26,28,30-32H,13-14H2,1-3H3/b24-15+/t20-,23+,25+,26+/m0/s1. The molecule has 3 aromatic rings. The molecular formula is C26H29N3O7S. The Morgan fingerprint density at radius 2 is 1.78 bits per heavy atom. The van der Waals surface area contributed by atoms with Gasteiger partial charge in [-0.1, -0.05) is 18.2 Å². The van der Waals surface area contributed by atoms with Gasteiger partial charge in [-0.3, -0.25) is 0 Å². The van der Waals surface area contributed by atoms with Gasteiger partial charge in [0.1, 0.15) is 35.9 Å². The summed E-state index contributed by atoms with van der Waals surface area (Å²) in [6.07, 6.45) is -5.33. The van der Waals surface area contributed by atoms with E-state index in [0.29, 0.717) is 5.76 Å². The number of allylic oxidation sites excluding steroid dienone is 2. The molecule has 0 bridgehead atoms. The molecule has 1 fully saturated rings. The maximum Gasteiger partial charge on any atom is 0.251 e. The van der Waals surface area contributed by atoms with Crippen molar-refractivity contribution in [1.82, 2.24) is 4.72 Å². The van der Waals surface area contributed by atoms with Crippen molar-refractivity contribution in [3.8, 4) is 17.4 Å². The van der Waals surface area contributed by atoms with Gasteiger partial charge in [-0.05, 0) is 48.0 Å². The highest BCUT2D eigenvalue weighted by Gasteiger charge is 2.38. The molecule has 196 valence electrons. The quantitative estimate of drug-likeness (QED) is 0.337. The molecule has 0 amide bonds. The Balaban J connectivity index is 1.55. The van der Waals surface area contributed by atoms with E-state index in [1.807, 2.05) is 49.3 Å². The molecule has 0 saturated carbocycles. The van der Waals surface area contributed by atoms with Crippen molar-refractivity contribution in [2.24, 2.45) is 0 Å². The molecule has 0 spiro atoms. The third-order valence-electron chi connectivity index (χ3n) is 6.39. The summed E-state index contributed by atoms with van der Waals surface area (Å²) in [5.41, 5.74) is 1.99. The van der Waals surface area contributed by atoms with E-state index in [-0.39, 0.29) is 17.9 Å². The van der Waals surface area contributed by atoms with Crippen LogP contribution in [0.2, 0.25) is 0 Å². The number of benzene rings is 2. The molecule has 4 rings (SSSR count). The van der Waals surface area contributed by atoms with Gasteiger partial charge >= 0.3 is 0 Å². The number of aliphatic hydroxyl groups excluding tert-OH is 3. The maximum atomic E-state index is 12.9. The minimum Gasteiger partial charge on any atom is -0.456 e. The SMILES string of the molecule is C/C(=C(/C#N)S(=O)(=O)NC[C@H]1OC[C@H](O)[C@@H](O)[C@@H]1O)c1ccc(-c2ccc3cc(N(C)C)ccc3c2)o1. The second-order valence-electron chi connectivity index (χ2n) is 9.14. The predicted octanol–water partition coefficient (Wildman–Crippen LogP) is 1.82. The monoisotopic (exact) mass is 527 g/mol. The normalized spacial score (nSPS) is 22.9. The van der Waals surface area contributed by atoms with Gasteiger partial charge in [0.2, 0.25) is 0 Å². The third-order valence-corrected chi connectivity index (χ3v) is 7.87. The molecular weight excluding hydrogens is 498 g/mol. The molecule has 2 heterocycles. The minimum atomic E-state index is -4.30. The van der Waals surface area contributed by atoms with Crippen molar-refractivity contribution in [1.29, 1.82) is 5.26 Å². The van der Waals surface area contributed by atoms with Crippen LogP contribution >= 0.6 is 0 Å². The topological polar surface area (TPSA) is 156 Å². The molecule has 0 radical (unpaired) electrons. The molecule has 11 heteroatoms. The van der Waals surface area contributed by atoms with Crippen LogP contribution < -0.4 is 9.62 Å². The molecule has 0 unspecified atom stereocenters. The van der Waals surface area contributed by atoms with E-state index >= 15 is 0 Å². The summed E-state index contributed by atoms with van der Waals surface area (Å²) in [7, 11) is -0.348. The first-order chi connectivity index (χ1) is 17.5. The van der Waals surface area contributed by atoms with Crippen LogP contribution in [0.15, 0.2) is 57.9 Å². The van der Waals surface area contributed by atoms with Crippen LogP contribution in [0.4, 0.5) is 5.69 Å². The number of furan rings is 1. The number of nitrogens with zero attached hydrogens (tertiary/aromatic N) is 2. The molecule has 37 heavy (non-hydrogen) atoms. The third kappa shape index (κ3) is 5.55. The van der Waals surface area contributed by atoms with Gasteiger partial charge in [0, 0.05) is 37.5 Å². The molecule has 0 aliphatic carbocycles. The second kappa shape index (κ2) is 10.6. The van der Waals surface area contributed by atoms with E-state index < -0.39 is 45.9 Å². The maximum absolute atomic E-state index is 12.9. The van der Waals surface area contributed by atoms with Crippen LogP contribution in [0.25, 0.3) is 27.7 Å². The van der Waals surface area contributed by atoms with Crippen LogP contribution in [0, 0.1) is 11.3 Å². The first-order valence-electron chi connectivity index (χ1n) is 11.6. The Labute approximate surface area is 215 Å². The van der Waals surface area contributed by atoms with Crippen molar-refractivity contribution < 1.29 is 32.9 Å². The van der Waals surface area contributed by atoms with Gasteiger partial charge in [-0.15, -0.1) is 0 Å². The Morgan fingerprint density at radius 3 is 2.49 bits per heavy atom. The van der Waals surface area contributed by atoms with E-state index in [1.54, 1.807) is 18.2 Å². The zero-order valence-electron chi connectivity index (χ0n) is 20.6. The summed E-state index contributed by atoms with van der Waals surface area (Å²) in [6.45, 7) is 0.808. The molecule has 1 saturated heterocycles. The summed E-state index contributed by atoms with van der Waals surface area (Å²) in [5, 5.41) is 41.1. The van der Waals surface area contributed by atoms with E-state index in [2.05, 4.69) is 10.8 Å². The van der Waals surface area contributed by atoms with Crippen LogP contribution in [-0.4, -0.2) is 75.4 Å². The largest absolute Gasteiger partial charge is 0.456 e. The van der Waals surface area contributed by atoms with Crippen LogP contribution in [-0.2, 0) is 14.8 Å². The first-order valence-corrected chi connectivity index (χ1v) is 13.1. The highest BCUT2D eigenvalue weighted by atomic mass is 32.2. The molecule has 2 aromatic carbocycles. The molecule has 10 nitrogen and oxygen atoms in total.